The van der Waals surface area contributed by atoms with Crippen LogP contribution in [0, 0.1) is 0 Å². The number of rotatable bonds is 14. The Labute approximate surface area is 221 Å². The molecule has 0 aromatic carbocycles. The quantitative estimate of drug-likeness (QED) is 0.140. The molecule has 0 saturated heterocycles. The van der Waals surface area contributed by atoms with Crippen molar-refractivity contribution >= 4 is 29.8 Å². The van der Waals surface area contributed by atoms with Gasteiger partial charge in [-0.25, -0.2) is 9.59 Å². The summed E-state index contributed by atoms with van der Waals surface area (Å²) in [6.45, 7) is 4.00. The third-order valence-corrected chi connectivity index (χ3v) is 4.73. The van der Waals surface area contributed by atoms with E-state index in [4.69, 9.17) is 4.74 Å². The molecule has 226 valence electrons. The van der Waals surface area contributed by atoms with Gasteiger partial charge in [0.1, 0.15) is 17.7 Å². The Morgan fingerprint density at radius 3 is 1.51 bits per heavy atom. The average molecular weight is 581 g/mol. The Bertz CT molecular complexity index is 844. The molecular formula is C22H34F6N4O7. The van der Waals surface area contributed by atoms with Crippen molar-refractivity contribution in [1.82, 2.24) is 21.3 Å². The van der Waals surface area contributed by atoms with E-state index >= 15 is 0 Å². The number of alkyl carbamates (subject to hydrolysis) is 1. The van der Waals surface area contributed by atoms with Crippen molar-refractivity contribution in [3.05, 3.63) is 0 Å². The summed E-state index contributed by atoms with van der Waals surface area (Å²) in [6, 6.07) is -2.55. The van der Waals surface area contributed by atoms with Crippen LogP contribution in [0.25, 0.3) is 0 Å². The van der Waals surface area contributed by atoms with E-state index in [1.165, 1.54) is 0 Å². The minimum atomic E-state index is -5.05. The SMILES string of the molecule is COC(=O)[C@H](CCCCNC(=O)C(F)(F)F)NC(=O)C(CCCCNC(=O)C(F)(F)F)NC(=O)OC(C)(C)C. The van der Waals surface area contributed by atoms with Crippen LogP contribution in [0.3, 0.4) is 0 Å². The molecular weight excluding hydrogens is 546 g/mol. The van der Waals surface area contributed by atoms with Gasteiger partial charge in [-0.05, 0) is 59.3 Å². The molecule has 1 unspecified atom stereocenters. The van der Waals surface area contributed by atoms with Gasteiger partial charge in [-0.2, -0.15) is 26.3 Å². The average Bonchev–Trinajstić information content (AvgIpc) is 2.78. The van der Waals surface area contributed by atoms with Crippen molar-refractivity contribution < 1.29 is 59.8 Å². The lowest BCUT2D eigenvalue weighted by atomic mass is 10.1. The number of carbonyl (C=O) groups excluding carboxylic acids is 5. The van der Waals surface area contributed by atoms with Crippen molar-refractivity contribution in [2.45, 2.75) is 89.3 Å². The zero-order valence-corrected chi connectivity index (χ0v) is 21.9. The normalized spacial score (nSPS) is 13.5. The minimum Gasteiger partial charge on any atom is -0.467 e. The number of amides is 4. The molecule has 0 radical (unpaired) electrons. The van der Waals surface area contributed by atoms with Gasteiger partial charge in [0.05, 0.1) is 7.11 Å². The van der Waals surface area contributed by atoms with E-state index in [0.29, 0.717) is 0 Å². The van der Waals surface area contributed by atoms with Crippen LogP contribution in [0.2, 0.25) is 0 Å². The summed E-state index contributed by atoms with van der Waals surface area (Å²) in [7, 11) is 1.04. The Hall–Kier alpha value is -3.27. The highest BCUT2D eigenvalue weighted by molar-refractivity contribution is 5.89. The third-order valence-electron chi connectivity index (χ3n) is 4.73. The lowest BCUT2D eigenvalue weighted by Gasteiger charge is -2.25. The standard InChI is InChI=1S/C22H34F6N4O7/c1-20(2,3)39-19(37)32-13(9-5-7-11-29-17(35)21(23,24)25)15(33)31-14(16(34)38-4)10-6-8-12-30-18(36)22(26,27)28/h13-14H,5-12H2,1-4H3,(H,29,35)(H,30,36)(H,31,33)(H,32,37)/t13?,14-/m0/s1. The molecule has 0 saturated carbocycles. The molecule has 0 spiro atoms. The summed E-state index contributed by atoms with van der Waals surface area (Å²) >= 11 is 0. The van der Waals surface area contributed by atoms with E-state index in [0.717, 1.165) is 7.11 Å². The number of unbranched alkanes of at least 4 members (excludes halogenated alkanes) is 2. The fourth-order valence-corrected chi connectivity index (χ4v) is 2.93. The van der Waals surface area contributed by atoms with Crippen LogP contribution in [0.15, 0.2) is 0 Å². The van der Waals surface area contributed by atoms with Crippen LogP contribution in [-0.2, 0) is 28.7 Å². The maximum absolute atomic E-state index is 12.9. The van der Waals surface area contributed by atoms with Crippen molar-refractivity contribution in [2.24, 2.45) is 0 Å². The van der Waals surface area contributed by atoms with Gasteiger partial charge < -0.3 is 30.7 Å². The molecule has 0 aliphatic carbocycles. The van der Waals surface area contributed by atoms with E-state index in [1.807, 2.05) is 0 Å². The predicted molar refractivity (Wildman–Crippen MR) is 123 cm³/mol. The maximum Gasteiger partial charge on any atom is 0.471 e. The highest BCUT2D eigenvalue weighted by Gasteiger charge is 2.39. The van der Waals surface area contributed by atoms with Crippen LogP contribution < -0.4 is 21.3 Å². The molecule has 0 aromatic heterocycles. The lowest BCUT2D eigenvalue weighted by molar-refractivity contribution is -0.173. The molecule has 0 aromatic rings. The lowest BCUT2D eigenvalue weighted by Crippen LogP contribution is -2.52. The highest BCUT2D eigenvalue weighted by atomic mass is 19.4. The van der Waals surface area contributed by atoms with E-state index in [1.54, 1.807) is 31.4 Å². The van der Waals surface area contributed by atoms with Gasteiger partial charge in [0.2, 0.25) is 5.91 Å². The molecule has 0 bridgehead atoms. The fraction of sp³-hybridized carbons (Fsp3) is 0.773. The van der Waals surface area contributed by atoms with Crippen LogP contribution in [0.1, 0.15) is 59.3 Å². The maximum atomic E-state index is 12.9. The zero-order chi connectivity index (χ0) is 30.4. The predicted octanol–water partition coefficient (Wildman–Crippen LogP) is 2.24. The van der Waals surface area contributed by atoms with Gasteiger partial charge >= 0.3 is 36.2 Å². The number of alkyl halides is 6. The van der Waals surface area contributed by atoms with Crippen molar-refractivity contribution in [3.63, 3.8) is 0 Å². The molecule has 2 atom stereocenters. The Morgan fingerprint density at radius 1 is 0.692 bits per heavy atom. The molecule has 0 heterocycles. The Morgan fingerprint density at radius 2 is 1.13 bits per heavy atom. The topological polar surface area (TPSA) is 152 Å². The van der Waals surface area contributed by atoms with Gasteiger partial charge in [-0.3, -0.25) is 14.4 Å². The van der Waals surface area contributed by atoms with Gasteiger partial charge in [0.15, 0.2) is 0 Å². The highest BCUT2D eigenvalue weighted by Crippen LogP contribution is 2.15. The summed E-state index contributed by atoms with van der Waals surface area (Å²) < 4.78 is 83.2. The first kappa shape index (κ1) is 35.7. The second-order valence-electron chi connectivity index (χ2n) is 9.28. The summed E-state index contributed by atoms with van der Waals surface area (Å²) in [4.78, 5) is 58.9. The van der Waals surface area contributed by atoms with Crippen LogP contribution >= 0.6 is 0 Å². The molecule has 17 heteroatoms. The van der Waals surface area contributed by atoms with E-state index in [-0.39, 0.29) is 51.6 Å². The van der Waals surface area contributed by atoms with Crippen LogP contribution in [-0.4, -0.2) is 80.0 Å². The number of carbonyl (C=O) groups is 5. The second kappa shape index (κ2) is 16.0. The van der Waals surface area contributed by atoms with Gasteiger partial charge in [0, 0.05) is 13.1 Å². The summed E-state index contributed by atoms with van der Waals surface area (Å²) in [5, 5.41) is 8.03. The Balaban J connectivity index is 5.13. The van der Waals surface area contributed by atoms with Crippen LogP contribution in [0.5, 0.6) is 0 Å². The first-order valence-electron chi connectivity index (χ1n) is 11.9. The van der Waals surface area contributed by atoms with Gasteiger partial charge in [0.25, 0.3) is 0 Å². The summed E-state index contributed by atoms with van der Waals surface area (Å²) in [6.07, 6.45) is -11.0. The van der Waals surface area contributed by atoms with E-state index in [9.17, 15) is 50.3 Å². The van der Waals surface area contributed by atoms with Crippen molar-refractivity contribution in [1.29, 1.82) is 0 Å². The molecule has 4 N–H and O–H groups in total. The number of ether oxygens (including phenoxy) is 2. The van der Waals surface area contributed by atoms with E-state index < -0.39 is 59.8 Å². The fourth-order valence-electron chi connectivity index (χ4n) is 2.93. The smallest absolute Gasteiger partial charge is 0.467 e. The molecule has 11 nitrogen and oxygen atoms in total. The first-order valence-corrected chi connectivity index (χ1v) is 11.9. The molecule has 0 aliphatic rings. The van der Waals surface area contributed by atoms with Gasteiger partial charge in [-0.15, -0.1) is 0 Å². The third kappa shape index (κ3) is 16.3. The molecule has 39 heavy (non-hydrogen) atoms. The Kier molecular flexibility index (Phi) is 14.6. The van der Waals surface area contributed by atoms with Crippen LogP contribution in [0.4, 0.5) is 31.1 Å². The number of hydrogen-bond acceptors (Lipinski definition) is 7. The number of halogens is 6. The van der Waals surface area contributed by atoms with E-state index in [2.05, 4.69) is 15.4 Å². The van der Waals surface area contributed by atoms with Gasteiger partial charge in [-0.1, -0.05) is 0 Å². The molecule has 4 amide bonds. The number of hydrogen-bond donors (Lipinski definition) is 4. The van der Waals surface area contributed by atoms with Crippen molar-refractivity contribution in [2.75, 3.05) is 20.2 Å². The largest absolute Gasteiger partial charge is 0.471 e. The monoisotopic (exact) mass is 580 g/mol. The second-order valence-corrected chi connectivity index (χ2v) is 9.28. The van der Waals surface area contributed by atoms with Crippen molar-refractivity contribution in [3.8, 4) is 0 Å². The molecule has 0 rings (SSSR count). The number of methoxy groups -OCH3 is 1. The minimum absolute atomic E-state index is 0.0195. The number of nitrogens with one attached hydrogen (secondary N) is 4. The first-order chi connectivity index (χ1) is 17.8. The summed E-state index contributed by atoms with van der Waals surface area (Å²) in [5.41, 5.74) is -0.928. The number of esters is 1. The summed E-state index contributed by atoms with van der Waals surface area (Å²) in [5.74, 6) is -5.98. The molecule has 0 aliphatic heterocycles. The molecule has 0 fully saturated rings. The zero-order valence-electron chi connectivity index (χ0n) is 21.9.